The number of methoxy groups -OCH3 is 2. The van der Waals surface area contributed by atoms with Crippen molar-refractivity contribution >= 4 is 16.7 Å². The quantitative estimate of drug-likeness (QED) is 0.475. The molecular weight excluding hydrogens is 414 g/mol. The van der Waals surface area contributed by atoms with Crippen LogP contribution in [0.2, 0.25) is 0 Å². The fourth-order valence-electron chi connectivity index (χ4n) is 4.85. The Bertz CT molecular complexity index is 1110. The summed E-state index contributed by atoms with van der Waals surface area (Å²) in [4.78, 5) is 13.6. The predicted octanol–water partition coefficient (Wildman–Crippen LogP) is 5.77. The second-order valence-electron chi connectivity index (χ2n) is 9.05. The molecule has 0 unspecified atom stereocenters. The highest BCUT2D eigenvalue weighted by Gasteiger charge is 2.20. The number of fused-ring (bicyclic) bond motifs is 1. The predicted molar refractivity (Wildman–Crippen MR) is 132 cm³/mol. The van der Waals surface area contributed by atoms with E-state index in [9.17, 15) is 4.79 Å². The number of aliphatic carboxylic acids is 1. The highest BCUT2D eigenvalue weighted by Crippen LogP contribution is 2.43. The molecule has 0 radical (unpaired) electrons. The molecule has 33 heavy (non-hydrogen) atoms. The van der Waals surface area contributed by atoms with Gasteiger partial charge in [-0.2, -0.15) is 0 Å². The van der Waals surface area contributed by atoms with Gasteiger partial charge in [0.05, 0.1) is 19.8 Å². The molecular formula is C28H33NO4. The normalized spacial score (nSPS) is 15.0. The van der Waals surface area contributed by atoms with E-state index in [1.807, 2.05) is 18.2 Å². The van der Waals surface area contributed by atoms with Gasteiger partial charge < -0.3 is 14.6 Å². The Morgan fingerprint density at radius 2 is 1.64 bits per heavy atom. The highest BCUT2D eigenvalue weighted by atomic mass is 16.5. The fourth-order valence-corrected chi connectivity index (χ4v) is 4.85. The molecule has 1 heterocycles. The lowest BCUT2D eigenvalue weighted by Gasteiger charge is -2.30. The lowest BCUT2D eigenvalue weighted by molar-refractivity contribution is -0.136. The van der Waals surface area contributed by atoms with E-state index in [0.29, 0.717) is 6.42 Å². The van der Waals surface area contributed by atoms with Crippen molar-refractivity contribution in [2.75, 3.05) is 27.3 Å². The summed E-state index contributed by atoms with van der Waals surface area (Å²) in [7, 11) is 3.40. The van der Waals surface area contributed by atoms with E-state index in [0.717, 1.165) is 64.5 Å². The van der Waals surface area contributed by atoms with Crippen molar-refractivity contribution in [3.8, 4) is 22.6 Å². The Kier molecular flexibility index (Phi) is 7.19. The molecule has 1 aliphatic rings. The van der Waals surface area contributed by atoms with Crippen LogP contribution in [-0.2, 0) is 17.8 Å². The molecule has 0 aromatic heterocycles. The third-order valence-electron chi connectivity index (χ3n) is 6.74. The maximum Gasteiger partial charge on any atom is 0.303 e. The Hall–Kier alpha value is -3.05. The molecule has 1 N–H and O–H groups in total. The van der Waals surface area contributed by atoms with Gasteiger partial charge in [-0.05, 0) is 77.9 Å². The molecule has 5 nitrogen and oxygen atoms in total. The number of carbonyl (C=O) groups is 1. The number of likely N-dealkylation sites (tertiary alicyclic amines) is 1. The van der Waals surface area contributed by atoms with E-state index >= 15 is 0 Å². The molecule has 1 saturated heterocycles. The average Bonchev–Trinajstić information content (AvgIpc) is 2.83. The number of aryl methyl sites for hydroxylation is 1. The Morgan fingerprint density at radius 1 is 1.00 bits per heavy atom. The van der Waals surface area contributed by atoms with Crippen LogP contribution in [0.15, 0.2) is 48.5 Å². The molecule has 0 saturated carbocycles. The summed E-state index contributed by atoms with van der Waals surface area (Å²) in [6.45, 7) is 5.45. The first-order chi connectivity index (χ1) is 16.0. The second kappa shape index (κ2) is 10.3. The van der Waals surface area contributed by atoms with Crippen LogP contribution >= 0.6 is 0 Å². The molecule has 1 fully saturated rings. The highest BCUT2D eigenvalue weighted by molar-refractivity contribution is 6.01. The molecule has 4 rings (SSSR count). The van der Waals surface area contributed by atoms with Crippen molar-refractivity contribution in [1.29, 1.82) is 0 Å². The summed E-state index contributed by atoms with van der Waals surface area (Å²) in [5, 5.41) is 11.3. The number of piperidine rings is 1. The first-order valence-corrected chi connectivity index (χ1v) is 11.7. The van der Waals surface area contributed by atoms with Gasteiger partial charge >= 0.3 is 5.97 Å². The molecule has 3 aromatic carbocycles. The van der Waals surface area contributed by atoms with Crippen LogP contribution in [-0.4, -0.2) is 43.3 Å². The summed E-state index contributed by atoms with van der Waals surface area (Å²) in [6.07, 6.45) is 3.09. The minimum Gasteiger partial charge on any atom is -0.496 e. The molecule has 3 aromatic rings. The number of carboxylic acids is 1. The number of hydrogen-bond donors (Lipinski definition) is 1. The molecule has 0 atom stereocenters. The minimum atomic E-state index is -0.787. The largest absolute Gasteiger partial charge is 0.496 e. The van der Waals surface area contributed by atoms with Crippen LogP contribution in [0.4, 0.5) is 0 Å². The van der Waals surface area contributed by atoms with Gasteiger partial charge in [0, 0.05) is 13.0 Å². The summed E-state index contributed by atoms with van der Waals surface area (Å²) in [5.41, 5.74) is 4.17. The van der Waals surface area contributed by atoms with Crippen LogP contribution in [0.3, 0.4) is 0 Å². The Labute approximate surface area is 195 Å². The van der Waals surface area contributed by atoms with Crippen LogP contribution in [0, 0.1) is 5.92 Å². The lowest BCUT2D eigenvalue weighted by atomic mass is 9.92. The van der Waals surface area contributed by atoms with Crippen molar-refractivity contribution in [2.24, 2.45) is 5.92 Å². The molecule has 1 aliphatic heterocycles. The molecule has 0 spiro atoms. The summed E-state index contributed by atoms with van der Waals surface area (Å²) < 4.78 is 11.7. The monoisotopic (exact) mass is 447 g/mol. The number of carboxylic acid groups (broad SMARTS) is 1. The number of rotatable bonds is 8. The minimum absolute atomic E-state index is 0.111. The third-order valence-corrected chi connectivity index (χ3v) is 6.74. The van der Waals surface area contributed by atoms with Gasteiger partial charge in [-0.1, -0.05) is 43.3 Å². The topological polar surface area (TPSA) is 59.0 Å². The van der Waals surface area contributed by atoms with Gasteiger partial charge in [0.25, 0.3) is 0 Å². The SMILES string of the molecule is COc1cc(CN2CCC(C)CC2)cc(OC)c1-c1cccc2c(CCC(=O)O)cccc12. The van der Waals surface area contributed by atoms with Crippen LogP contribution < -0.4 is 9.47 Å². The van der Waals surface area contributed by atoms with Gasteiger partial charge in [0.15, 0.2) is 0 Å². The van der Waals surface area contributed by atoms with Gasteiger partial charge in [-0.15, -0.1) is 0 Å². The maximum atomic E-state index is 11.1. The average molecular weight is 448 g/mol. The zero-order valence-corrected chi connectivity index (χ0v) is 19.8. The number of benzene rings is 3. The standard InChI is InChI=1S/C28H33NO4/c1-19-12-14-29(15-13-19)18-20-16-25(32-2)28(26(17-20)33-3)24-9-5-7-22-21(10-11-27(30)31)6-4-8-23(22)24/h4-9,16-17,19H,10-15,18H2,1-3H3,(H,30,31). The van der Waals surface area contributed by atoms with E-state index in [1.165, 1.54) is 18.4 Å². The first kappa shape index (κ1) is 23.1. The fraction of sp³-hybridized carbons (Fsp3) is 0.393. The lowest BCUT2D eigenvalue weighted by Crippen LogP contribution is -2.32. The summed E-state index contributed by atoms with van der Waals surface area (Å²) >= 11 is 0. The Morgan fingerprint density at radius 3 is 2.27 bits per heavy atom. The van der Waals surface area contributed by atoms with Crippen molar-refractivity contribution in [3.63, 3.8) is 0 Å². The van der Waals surface area contributed by atoms with Crippen molar-refractivity contribution in [3.05, 3.63) is 59.7 Å². The van der Waals surface area contributed by atoms with E-state index < -0.39 is 5.97 Å². The van der Waals surface area contributed by atoms with E-state index in [2.05, 4.69) is 42.2 Å². The van der Waals surface area contributed by atoms with Crippen molar-refractivity contribution in [2.45, 2.75) is 39.2 Å². The summed E-state index contributed by atoms with van der Waals surface area (Å²) in [6, 6.07) is 16.5. The van der Waals surface area contributed by atoms with Gasteiger partial charge in [-0.3, -0.25) is 9.69 Å². The molecule has 0 amide bonds. The number of ether oxygens (including phenoxy) is 2. The van der Waals surface area contributed by atoms with Crippen molar-refractivity contribution in [1.82, 2.24) is 4.90 Å². The first-order valence-electron chi connectivity index (χ1n) is 11.7. The molecule has 0 bridgehead atoms. The zero-order valence-electron chi connectivity index (χ0n) is 19.8. The third kappa shape index (κ3) is 5.14. The maximum absolute atomic E-state index is 11.1. The second-order valence-corrected chi connectivity index (χ2v) is 9.05. The van der Waals surface area contributed by atoms with E-state index in [1.54, 1.807) is 14.2 Å². The van der Waals surface area contributed by atoms with Gasteiger partial charge in [0.1, 0.15) is 11.5 Å². The van der Waals surface area contributed by atoms with Gasteiger partial charge in [0.2, 0.25) is 0 Å². The molecule has 174 valence electrons. The summed E-state index contributed by atoms with van der Waals surface area (Å²) in [5.74, 6) is 1.60. The Balaban J connectivity index is 1.75. The number of nitrogens with zero attached hydrogens (tertiary/aromatic N) is 1. The smallest absolute Gasteiger partial charge is 0.303 e. The van der Waals surface area contributed by atoms with E-state index in [4.69, 9.17) is 14.6 Å². The number of hydrogen-bond acceptors (Lipinski definition) is 4. The van der Waals surface area contributed by atoms with Crippen LogP contribution in [0.25, 0.3) is 21.9 Å². The van der Waals surface area contributed by atoms with Crippen LogP contribution in [0.1, 0.15) is 37.3 Å². The molecule has 0 aliphatic carbocycles. The zero-order chi connectivity index (χ0) is 23.4. The van der Waals surface area contributed by atoms with Gasteiger partial charge in [-0.25, -0.2) is 0 Å². The van der Waals surface area contributed by atoms with Crippen molar-refractivity contribution < 1.29 is 19.4 Å². The van der Waals surface area contributed by atoms with E-state index in [-0.39, 0.29) is 6.42 Å². The molecule has 5 heteroatoms. The van der Waals surface area contributed by atoms with Crippen LogP contribution in [0.5, 0.6) is 11.5 Å².